The van der Waals surface area contributed by atoms with Gasteiger partial charge in [0.25, 0.3) is 0 Å². The number of carbonyl (C=O) groups excluding carboxylic acids is 1. The van der Waals surface area contributed by atoms with Gasteiger partial charge in [-0.25, -0.2) is 4.39 Å². The Morgan fingerprint density at radius 2 is 1.92 bits per heavy atom. The van der Waals surface area contributed by atoms with Crippen LogP contribution >= 0.6 is 0 Å². The van der Waals surface area contributed by atoms with Crippen LogP contribution in [0.1, 0.15) is 43.0 Å². The molecule has 1 N–H and O–H groups in total. The molecule has 5 heteroatoms. The first-order chi connectivity index (χ1) is 12.6. The lowest BCUT2D eigenvalue weighted by Gasteiger charge is -2.25. The molecule has 0 radical (unpaired) electrons. The molecule has 138 valence electrons. The van der Waals surface area contributed by atoms with Gasteiger partial charge in [0.1, 0.15) is 11.6 Å². The average molecular weight is 356 g/mol. The van der Waals surface area contributed by atoms with Crippen molar-refractivity contribution in [2.24, 2.45) is 0 Å². The summed E-state index contributed by atoms with van der Waals surface area (Å²) in [6.45, 7) is 3.19. The van der Waals surface area contributed by atoms with Gasteiger partial charge in [-0.1, -0.05) is 24.3 Å². The molecule has 2 aromatic carbocycles. The van der Waals surface area contributed by atoms with Gasteiger partial charge in [0.2, 0.25) is 5.91 Å². The Hall–Kier alpha value is -2.40. The van der Waals surface area contributed by atoms with Crippen molar-refractivity contribution in [3.63, 3.8) is 0 Å². The molecule has 0 saturated carbocycles. The van der Waals surface area contributed by atoms with Crippen LogP contribution in [0, 0.1) is 5.82 Å². The maximum atomic E-state index is 13.0. The first-order valence-corrected chi connectivity index (χ1v) is 8.99. The zero-order valence-corrected chi connectivity index (χ0v) is 15.2. The Morgan fingerprint density at radius 1 is 1.23 bits per heavy atom. The molecule has 0 aromatic heterocycles. The average Bonchev–Trinajstić information content (AvgIpc) is 3.10. The molecule has 0 unspecified atom stereocenters. The fourth-order valence-corrected chi connectivity index (χ4v) is 3.53. The van der Waals surface area contributed by atoms with Gasteiger partial charge >= 0.3 is 0 Å². The smallest absolute Gasteiger partial charge is 0.234 e. The summed E-state index contributed by atoms with van der Waals surface area (Å²) in [5.41, 5.74) is 2.11. The normalized spacial score (nSPS) is 18.5. The van der Waals surface area contributed by atoms with Crippen molar-refractivity contribution in [2.45, 2.75) is 31.8 Å². The van der Waals surface area contributed by atoms with E-state index in [0.717, 1.165) is 30.7 Å². The van der Waals surface area contributed by atoms with Crippen LogP contribution in [0.25, 0.3) is 0 Å². The number of amides is 1. The highest BCUT2D eigenvalue weighted by Crippen LogP contribution is 2.32. The molecule has 4 nitrogen and oxygen atoms in total. The van der Waals surface area contributed by atoms with Crippen molar-refractivity contribution in [1.29, 1.82) is 0 Å². The molecule has 1 amide bonds. The molecular formula is C21H25FN2O2. The summed E-state index contributed by atoms with van der Waals surface area (Å²) in [7, 11) is 1.66. The highest BCUT2D eigenvalue weighted by molar-refractivity contribution is 5.78. The summed E-state index contributed by atoms with van der Waals surface area (Å²) >= 11 is 0. The second-order valence-corrected chi connectivity index (χ2v) is 6.74. The number of hydrogen-bond donors (Lipinski definition) is 1. The minimum Gasteiger partial charge on any atom is -0.497 e. The van der Waals surface area contributed by atoms with E-state index < -0.39 is 0 Å². The van der Waals surface area contributed by atoms with Gasteiger partial charge in [-0.05, 0) is 61.7 Å². The molecule has 2 atom stereocenters. The van der Waals surface area contributed by atoms with E-state index in [9.17, 15) is 9.18 Å². The molecule has 0 bridgehead atoms. The Bertz CT molecular complexity index is 731. The summed E-state index contributed by atoms with van der Waals surface area (Å²) in [4.78, 5) is 14.7. The summed E-state index contributed by atoms with van der Waals surface area (Å²) in [5.74, 6) is 0.554. The standard InChI is InChI=1S/C21H25FN2O2/c1-15(16-5-9-18(22)10-6-16)23-21(25)14-24-13-3-4-20(24)17-7-11-19(26-2)12-8-17/h5-12,15,20H,3-4,13-14H2,1-2H3,(H,23,25)/t15-,20-/m0/s1. The second-order valence-electron chi connectivity index (χ2n) is 6.74. The summed E-state index contributed by atoms with van der Waals surface area (Å²) in [6.07, 6.45) is 2.13. The number of benzene rings is 2. The van der Waals surface area contributed by atoms with Gasteiger partial charge < -0.3 is 10.1 Å². The number of methoxy groups -OCH3 is 1. The first kappa shape index (κ1) is 18.4. The first-order valence-electron chi connectivity index (χ1n) is 8.99. The van der Waals surface area contributed by atoms with Crippen molar-refractivity contribution in [3.8, 4) is 5.75 Å². The van der Waals surface area contributed by atoms with Gasteiger partial charge in [0, 0.05) is 6.04 Å². The van der Waals surface area contributed by atoms with Crippen molar-refractivity contribution in [3.05, 3.63) is 65.5 Å². The van der Waals surface area contributed by atoms with E-state index in [1.54, 1.807) is 19.2 Å². The Kier molecular flexibility index (Phi) is 5.89. The zero-order chi connectivity index (χ0) is 18.5. The number of ether oxygens (including phenoxy) is 1. The molecule has 0 aliphatic carbocycles. The molecule has 1 aliphatic heterocycles. The Labute approximate surface area is 154 Å². The van der Waals surface area contributed by atoms with Gasteiger partial charge in [-0.3, -0.25) is 9.69 Å². The van der Waals surface area contributed by atoms with Crippen molar-refractivity contribution >= 4 is 5.91 Å². The molecule has 2 aromatic rings. The van der Waals surface area contributed by atoms with E-state index >= 15 is 0 Å². The monoisotopic (exact) mass is 356 g/mol. The van der Waals surface area contributed by atoms with Gasteiger partial charge in [0.05, 0.1) is 19.7 Å². The van der Waals surface area contributed by atoms with Gasteiger partial charge in [-0.2, -0.15) is 0 Å². The number of nitrogens with zero attached hydrogens (tertiary/aromatic N) is 1. The number of nitrogens with one attached hydrogen (secondary N) is 1. The third-order valence-corrected chi connectivity index (χ3v) is 4.96. The quantitative estimate of drug-likeness (QED) is 0.855. The van der Waals surface area contributed by atoms with Crippen LogP contribution in [0.3, 0.4) is 0 Å². The number of hydrogen-bond acceptors (Lipinski definition) is 3. The number of likely N-dealkylation sites (tertiary alicyclic amines) is 1. The fourth-order valence-electron chi connectivity index (χ4n) is 3.53. The molecule has 1 saturated heterocycles. The molecule has 1 aliphatic rings. The van der Waals surface area contributed by atoms with Crippen LogP contribution in [-0.2, 0) is 4.79 Å². The van der Waals surface area contributed by atoms with Gasteiger partial charge in [-0.15, -0.1) is 0 Å². The predicted molar refractivity (Wildman–Crippen MR) is 99.5 cm³/mol. The molecule has 1 heterocycles. The van der Waals surface area contributed by atoms with Crippen molar-refractivity contribution < 1.29 is 13.9 Å². The topological polar surface area (TPSA) is 41.6 Å². The van der Waals surface area contributed by atoms with E-state index in [0.29, 0.717) is 6.54 Å². The maximum absolute atomic E-state index is 13.0. The van der Waals surface area contributed by atoms with E-state index in [-0.39, 0.29) is 23.8 Å². The minimum absolute atomic E-state index is 0.0118. The number of carbonyl (C=O) groups is 1. The van der Waals surface area contributed by atoms with Crippen LogP contribution in [0.4, 0.5) is 4.39 Å². The highest BCUT2D eigenvalue weighted by Gasteiger charge is 2.27. The second kappa shape index (κ2) is 8.32. The van der Waals surface area contributed by atoms with Crippen LogP contribution in [0.5, 0.6) is 5.75 Å². The lowest BCUT2D eigenvalue weighted by Crippen LogP contribution is -2.38. The lowest BCUT2D eigenvalue weighted by molar-refractivity contribution is -0.123. The number of rotatable bonds is 6. The zero-order valence-electron chi connectivity index (χ0n) is 15.2. The molecule has 3 rings (SSSR count). The van der Waals surface area contributed by atoms with E-state index in [4.69, 9.17) is 4.74 Å². The summed E-state index contributed by atoms with van der Waals surface area (Å²) in [5, 5.41) is 3.01. The van der Waals surface area contributed by atoms with Crippen molar-refractivity contribution in [2.75, 3.05) is 20.2 Å². The molecule has 1 fully saturated rings. The molecule has 0 spiro atoms. The van der Waals surface area contributed by atoms with Gasteiger partial charge in [0.15, 0.2) is 0 Å². The Morgan fingerprint density at radius 3 is 2.58 bits per heavy atom. The largest absolute Gasteiger partial charge is 0.497 e. The van der Waals surface area contributed by atoms with Crippen LogP contribution < -0.4 is 10.1 Å². The van der Waals surface area contributed by atoms with Crippen molar-refractivity contribution in [1.82, 2.24) is 10.2 Å². The third-order valence-electron chi connectivity index (χ3n) is 4.96. The van der Waals surface area contributed by atoms with E-state index in [1.807, 2.05) is 19.1 Å². The van der Waals surface area contributed by atoms with Crippen LogP contribution in [0.15, 0.2) is 48.5 Å². The minimum atomic E-state index is -0.272. The fraction of sp³-hybridized carbons (Fsp3) is 0.381. The third kappa shape index (κ3) is 4.41. The van der Waals surface area contributed by atoms with Crippen LogP contribution in [-0.4, -0.2) is 31.0 Å². The predicted octanol–water partition coefficient (Wildman–Crippen LogP) is 3.85. The highest BCUT2D eigenvalue weighted by atomic mass is 19.1. The Balaban J connectivity index is 1.59. The molecule has 26 heavy (non-hydrogen) atoms. The summed E-state index contributed by atoms with van der Waals surface area (Å²) in [6, 6.07) is 14.4. The molecular weight excluding hydrogens is 331 g/mol. The number of halogens is 1. The lowest BCUT2D eigenvalue weighted by atomic mass is 10.0. The van der Waals surface area contributed by atoms with E-state index in [1.165, 1.54) is 17.7 Å². The van der Waals surface area contributed by atoms with E-state index in [2.05, 4.69) is 22.3 Å². The SMILES string of the molecule is COc1ccc([C@@H]2CCCN2CC(=O)N[C@@H](C)c2ccc(F)cc2)cc1. The summed E-state index contributed by atoms with van der Waals surface area (Å²) < 4.78 is 18.2. The van der Waals surface area contributed by atoms with Crippen LogP contribution in [0.2, 0.25) is 0 Å². The maximum Gasteiger partial charge on any atom is 0.234 e.